The number of aryl methyl sites for hydroxylation is 1. The van der Waals surface area contributed by atoms with E-state index in [9.17, 15) is 8.78 Å². The second-order valence-corrected chi connectivity index (χ2v) is 5.69. The van der Waals surface area contributed by atoms with E-state index in [0.717, 1.165) is 21.3 Å². The van der Waals surface area contributed by atoms with Crippen molar-refractivity contribution in [3.05, 3.63) is 58.1 Å². The summed E-state index contributed by atoms with van der Waals surface area (Å²) in [5.74, 6) is 0.169. The highest BCUT2D eigenvalue weighted by Crippen LogP contribution is 2.27. The van der Waals surface area contributed by atoms with E-state index in [2.05, 4.69) is 26.0 Å². The Morgan fingerprint density at radius 2 is 1.90 bits per heavy atom. The Bertz CT molecular complexity index is 619. The summed E-state index contributed by atoms with van der Waals surface area (Å²) in [6.45, 7) is 1.18. The molecule has 0 heterocycles. The maximum atomic E-state index is 12.3. The molecule has 2 rings (SSSR count). The lowest BCUT2D eigenvalue weighted by molar-refractivity contribution is -0.0498. The van der Waals surface area contributed by atoms with Crippen LogP contribution in [0.3, 0.4) is 0 Å². The maximum Gasteiger partial charge on any atom is 0.387 e. The first-order valence-corrected chi connectivity index (χ1v) is 7.32. The van der Waals surface area contributed by atoms with Gasteiger partial charge >= 0.3 is 6.61 Å². The molecule has 2 nitrogen and oxygen atoms in total. The number of hydrogen-bond acceptors (Lipinski definition) is 2. The van der Waals surface area contributed by atoms with Gasteiger partial charge < -0.3 is 10.1 Å². The summed E-state index contributed by atoms with van der Waals surface area (Å²) in [7, 11) is 0. The average Bonchev–Trinajstić information content (AvgIpc) is 2.42. The van der Waals surface area contributed by atoms with E-state index in [1.165, 1.54) is 6.07 Å². The van der Waals surface area contributed by atoms with Crippen LogP contribution in [0.5, 0.6) is 5.75 Å². The predicted molar refractivity (Wildman–Crippen MR) is 84.0 cm³/mol. The van der Waals surface area contributed by atoms with Gasteiger partial charge in [0.05, 0.1) is 0 Å². The number of halogens is 3. The van der Waals surface area contributed by atoms with Gasteiger partial charge in [0.2, 0.25) is 0 Å². The molecule has 21 heavy (non-hydrogen) atoms. The Kier molecular flexibility index (Phi) is 5.17. The lowest BCUT2D eigenvalue weighted by Gasteiger charge is -2.18. The minimum atomic E-state index is -2.81. The van der Waals surface area contributed by atoms with Crippen molar-refractivity contribution in [3.63, 3.8) is 0 Å². The molecule has 0 aliphatic heterocycles. The molecule has 0 aliphatic rings. The third kappa shape index (κ3) is 4.43. The fourth-order valence-electron chi connectivity index (χ4n) is 2.03. The van der Waals surface area contributed by atoms with Crippen LogP contribution in [-0.4, -0.2) is 6.61 Å². The molecule has 5 heteroatoms. The lowest BCUT2D eigenvalue weighted by atomic mass is 10.1. The van der Waals surface area contributed by atoms with Gasteiger partial charge in [-0.1, -0.05) is 34.1 Å². The van der Waals surface area contributed by atoms with Crippen molar-refractivity contribution in [1.29, 1.82) is 0 Å². The summed E-state index contributed by atoms with van der Waals surface area (Å²) in [6, 6.07) is 12.7. The molecule has 0 aromatic heterocycles. The van der Waals surface area contributed by atoms with Crippen LogP contribution in [0.2, 0.25) is 0 Å². The van der Waals surface area contributed by atoms with E-state index in [-0.39, 0.29) is 11.8 Å². The molecule has 2 aromatic rings. The van der Waals surface area contributed by atoms with Crippen molar-refractivity contribution in [2.24, 2.45) is 0 Å². The molecule has 0 bridgehead atoms. The first kappa shape index (κ1) is 15.8. The van der Waals surface area contributed by atoms with Gasteiger partial charge in [0, 0.05) is 16.2 Å². The van der Waals surface area contributed by atoms with E-state index in [4.69, 9.17) is 0 Å². The third-order valence-corrected chi connectivity index (χ3v) is 3.65. The zero-order chi connectivity index (χ0) is 15.4. The lowest BCUT2D eigenvalue weighted by Crippen LogP contribution is -2.08. The molecule has 0 saturated heterocycles. The Morgan fingerprint density at radius 3 is 2.62 bits per heavy atom. The van der Waals surface area contributed by atoms with Gasteiger partial charge in [-0.25, -0.2) is 0 Å². The van der Waals surface area contributed by atoms with Gasteiger partial charge in [0.15, 0.2) is 0 Å². The fourth-order valence-corrected chi connectivity index (χ4v) is 2.39. The Labute approximate surface area is 131 Å². The zero-order valence-corrected chi connectivity index (χ0v) is 13.3. The van der Waals surface area contributed by atoms with Crippen molar-refractivity contribution < 1.29 is 13.5 Å². The predicted octanol–water partition coefficient (Wildman–Crippen LogP) is 5.53. The van der Waals surface area contributed by atoms with E-state index < -0.39 is 6.61 Å². The van der Waals surface area contributed by atoms with Gasteiger partial charge in [-0.2, -0.15) is 8.78 Å². The summed E-state index contributed by atoms with van der Waals surface area (Å²) < 4.78 is 29.9. The fraction of sp³-hybridized carbons (Fsp3) is 0.250. The van der Waals surface area contributed by atoms with E-state index in [0.29, 0.717) is 0 Å². The van der Waals surface area contributed by atoms with Gasteiger partial charge in [0.1, 0.15) is 5.75 Å². The largest absolute Gasteiger partial charge is 0.435 e. The number of benzene rings is 2. The van der Waals surface area contributed by atoms with Crippen molar-refractivity contribution in [2.45, 2.75) is 26.5 Å². The molecule has 0 aliphatic carbocycles. The highest BCUT2D eigenvalue weighted by molar-refractivity contribution is 9.10. The second-order valence-electron chi connectivity index (χ2n) is 4.78. The van der Waals surface area contributed by atoms with E-state index >= 15 is 0 Å². The zero-order valence-electron chi connectivity index (χ0n) is 11.7. The van der Waals surface area contributed by atoms with Crippen molar-refractivity contribution >= 4 is 21.6 Å². The number of rotatable bonds is 5. The minimum Gasteiger partial charge on any atom is -0.435 e. The van der Waals surface area contributed by atoms with Crippen LogP contribution in [0.25, 0.3) is 0 Å². The summed E-state index contributed by atoms with van der Waals surface area (Å²) in [4.78, 5) is 0. The molecule has 2 aromatic carbocycles. The number of anilines is 1. The molecule has 1 unspecified atom stereocenters. The van der Waals surface area contributed by atoms with Crippen molar-refractivity contribution in [1.82, 2.24) is 0 Å². The topological polar surface area (TPSA) is 21.3 Å². The molecule has 0 saturated carbocycles. The van der Waals surface area contributed by atoms with Crippen molar-refractivity contribution in [3.8, 4) is 5.75 Å². The molecule has 0 amide bonds. The molecule has 112 valence electrons. The second kappa shape index (κ2) is 6.89. The Balaban J connectivity index is 2.16. The number of hydrogen-bond donors (Lipinski definition) is 1. The van der Waals surface area contributed by atoms with Crippen LogP contribution >= 0.6 is 15.9 Å². The molecule has 1 N–H and O–H groups in total. The highest BCUT2D eigenvalue weighted by Gasteiger charge is 2.10. The van der Waals surface area contributed by atoms with Gasteiger partial charge in [-0.3, -0.25) is 0 Å². The Morgan fingerprint density at radius 1 is 1.14 bits per heavy atom. The quantitative estimate of drug-likeness (QED) is 0.760. The number of alkyl halides is 2. The Hall–Kier alpha value is -1.62. The summed E-state index contributed by atoms with van der Waals surface area (Å²) in [5.41, 5.74) is 3.00. The van der Waals surface area contributed by atoms with Gasteiger partial charge in [-0.15, -0.1) is 0 Å². The van der Waals surface area contributed by atoms with Gasteiger partial charge in [-0.05, 0) is 49.2 Å². The monoisotopic (exact) mass is 355 g/mol. The molecule has 0 spiro atoms. The smallest absolute Gasteiger partial charge is 0.387 e. The summed E-state index contributed by atoms with van der Waals surface area (Å²) in [5, 5.41) is 3.37. The minimum absolute atomic E-state index is 0.0285. The SMILES string of the molecule is Cc1ccc(Br)cc1NC(C)c1cccc(OC(F)F)c1. The van der Waals surface area contributed by atoms with Crippen LogP contribution in [0.1, 0.15) is 24.1 Å². The van der Waals surface area contributed by atoms with E-state index in [1.54, 1.807) is 12.1 Å². The normalized spacial score (nSPS) is 12.3. The third-order valence-electron chi connectivity index (χ3n) is 3.15. The molecule has 0 radical (unpaired) electrons. The van der Waals surface area contributed by atoms with E-state index in [1.807, 2.05) is 38.1 Å². The van der Waals surface area contributed by atoms with Crippen LogP contribution in [0.4, 0.5) is 14.5 Å². The van der Waals surface area contributed by atoms with Crippen LogP contribution in [-0.2, 0) is 0 Å². The molecular weight excluding hydrogens is 340 g/mol. The molecular formula is C16H16BrF2NO. The van der Waals surface area contributed by atoms with Gasteiger partial charge in [0.25, 0.3) is 0 Å². The van der Waals surface area contributed by atoms with Crippen molar-refractivity contribution in [2.75, 3.05) is 5.32 Å². The van der Waals surface area contributed by atoms with Crippen LogP contribution in [0, 0.1) is 6.92 Å². The average molecular weight is 356 g/mol. The van der Waals surface area contributed by atoms with Crippen LogP contribution in [0.15, 0.2) is 46.9 Å². The first-order chi connectivity index (χ1) is 9.95. The highest BCUT2D eigenvalue weighted by atomic mass is 79.9. The number of ether oxygens (including phenoxy) is 1. The molecule has 0 fully saturated rings. The summed E-state index contributed by atoms with van der Waals surface area (Å²) >= 11 is 3.44. The standard InChI is InChI=1S/C16H16BrF2NO/c1-10-6-7-13(17)9-15(10)20-11(2)12-4-3-5-14(8-12)21-16(18)19/h3-9,11,16,20H,1-2H3. The first-order valence-electron chi connectivity index (χ1n) is 6.53. The number of nitrogens with one attached hydrogen (secondary N) is 1. The maximum absolute atomic E-state index is 12.3. The summed E-state index contributed by atoms with van der Waals surface area (Å²) in [6.07, 6.45) is 0. The molecule has 1 atom stereocenters. The van der Waals surface area contributed by atoms with Crippen LogP contribution < -0.4 is 10.1 Å².